The summed E-state index contributed by atoms with van der Waals surface area (Å²) in [4.78, 5) is 52.1. The van der Waals surface area contributed by atoms with Gasteiger partial charge in [0.25, 0.3) is 11.8 Å². The summed E-state index contributed by atoms with van der Waals surface area (Å²) in [5.41, 5.74) is 8.87. The monoisotopic (exact) mass is 753 g/mol. The minimum atomic E-state index is -0.801. The Kier molecular flexibility index (Phi) is 8.99. The number of amides is 3. The van der Waals surface area contributed by atoms with Gasteiger partial charge in [-0.3, -0.25) is 29.2 Å². The van der Waals surface area contributed by atoms with E-state index in [1.54, 1.807) is 6.07 Å². The second-order valence-electron chi connectivity index (χ2n) is 15.6. The lowest BCUT2D eigenvalue weighted by atomic mass is 9.97. The second kappa shape index (κ2) is 14.2. The molecule has 0 aromatic heterocycles. The van der Waals surface area contributed by atoms with Crippen molar-refractivity contribution in [1.82, 2.24) is 25.4 Å². The molecular formula is C42H47N11O3. The number of piperidine rings is 1. The number of hydrazone groups is 1. The third-order valence-corrected chi connectivity index (χ3v) is 11.8. The van der Waals surface area contributed by atoms with Crippen LogP contribution in [-0.2, 0) is 4.79 Å². The Labute approximate surface area is 326 Å². The highest BCUT2D eigenvalue weighted by molar-refractivity contribution is 6.23. The molecule has 3 fully saturated rings. The number of imide groups is 1. The van der Waals surface area contributed by atoms with E-state index in [1.807, 2.05) is 30.4 Å². The van der Waals surface area contributed by atoms with Gasteiger partial charge in [-0.25, -0.2) is 4.99 Å². The van der Waals surface area contributed by atoms with E-state index in [1.165, 1.54) is 16.8 Å². The Balaban J connectivity index is 0.740. The largest absolute Gasteiger partial charge is 0.371 e. The van der Waals surface area contributed by atoms with Crippen LogP contribution in [0.1, 0.15) is 44.7 Å². The van der Waals surface area contributed by atoms with E-state index >= 15 is 0 Å². The molecule has 2 unspecified atom stereocenters. The Bertz CT molecular complexity index is 2200. The molecule has 3 amide bonds. The van der Waals surface area contributed by atoms with Gasteiger partial charge in [-0.1, -0.05) is 24.8 Å². The summed E-state index contributed by atoms with van der Waals surface area (Å²) in [6, 6.07) is 19.5. The molecule has 14 nitrogen and oxygen atoms in total. The summed E-state index contributed by atoms with van der Waals surface area (Å²) in [6.45, 7) is 14.7. The number of likely N-dealkylation sites (N-methyl/N-ethyl adjacent to an activating group) is 1. The highest BCUT2D eigenvalue weighted by atomic mass is 16.2. The highest BCUT2D eigenvalue weighted by Crippen LogP contribution is 2.34. The van der Waals surface area contributed by atoms with E-state index in [9.17, 15) is 14.4 Å². The normalized spacial score (nSPS) is 22.5. The van der Waals surface area contributed by atoms with Gasteiger partial charge in [-0.05, 0) is 80.3 Å². The van der Waals surface area contributed by atoms with Crippen LogP contribution in [0.3, 0.4) is 0 Å². The number of hydrogen-bond donors (Lipinski definition) is 4. The second-order valence-corrected chi connectivity index (χ2v) is 15.6. The molecule has 0 bridgehead atoms. The van der Waals surface area contributed by atoms with Crippen LogP contribution in [0.25, 0.3) is 0 Å². The lowest BCUT2D eigenvalue weighted by Gasteiger charge is -2.45. The molecule has 2 atom stereocenters. The number of carbonyl (C=O) groups excluding carboxylic acids is 3. The topological polar surface area (TPSA) is 140 Å². The zero-order valence-corrected chi connectivity index (χ0v) is 32.0. The number of piperazine rings is 1. The minimum absolute atomic E-state index is 0.122. The molecule has 6 heterocycles. The molecule has 6 aliphatic heterocycles. The minimum Gasteiger partial charge on any atom is -0.371 e. The number of carbonyl (C=O) groups is 3. The predicted molar refractivity (Wildman–Crippen MR) is 219 cm³/mol. The van der Waals surface area contributed by atoms with E-state index in [4.69, 9.17) is 5.10 Å². The number of rotatable bonds is 7. The Morgan fingerprint density at radius 2 is 1.57 bits per heavy atom. The zero-order valence-electron chi connectivity index (χ0n) is 32.0. The standard InChI is InChI=1S/C42H47N11O3/c1-25-6-5-7-26(2)36(25)46-37-34-21-43-42(47-38(34)49(4)48-37)45-29-9-11-30(12-10-29)51-18-16-50(17-19-51)22-28-23-52(24-28)31-13-14-32-33(20-31)41(56)53(40(32)55)35-15-8-27(3)44-39(35)54/h5-7,9-14,20-21,28,35,38H,3,8,15-19,22-24H2,1-2,4H3,(H,44,54)(H,46,48)(H2,43,45,47). The summed E-state index contributed by atoms with van der Waals surface area (Å²) in [7, 11) is 1.96. The van der Waals surface area contributed by atoms with E-state index < -0.39 is 17.9 Å². The van der Waals surface area contributed by atoms with Gasteiger partial charge in [0.15, 0.2) is 5.84 Å². The van der Waals surface area contributed by atoms with Gasteiger partial charge in [-0.2, -0.15) is 5.10 Å². The first-order chi connectivity index (χ1) is 27.1. The summed E-state index contributed by atoms with van der Waals surface area (Å²) < 4.78 is 0. The summed E-state index contributed by atoms with van der Waals surface area (Å²) >= 11 is 0. The first kappa shape index (κ1) is 35.5. The van der Waals surface area contributed by atoms with E-state index in [0.717, 1.165) is 79.2 Å². The molecule has 288 valence electrons. The molecule has 9 rings (SSSR count). The Morgan fingerprint density at radius 1 is 0.857 bits per heavy atom. The number of amidine groups is 1. The maximum Gasteiger partial charge on any atom is 0.262 e. The Morgan fingerprint density at radius 3 is 2.30 bits per heavy atom. The number of benzene rings is 3. The number of guanidine groups is 1. The molecule has 4 N–H and O–H groups in total. The van der Waals surface area contributed by atoms with Crippen molar-refractivity contribution in [2.75, 3.05) is 73.3 Å². The van der Waals surface area contributed by atoms with Crippen LogP contribution in [0.2, 0.25) is 0 Å². The summed E-state index contributed by atoms with van der Waals surface area (Å²) in [6.07, 6.45) is 2.70. The molecule has 0 saturated carbocycles. The van der Waals surface area contributed by atoms with Crippen molar-refractivity contribution in [2.24, 2.45) is 16.0 Å². The number of para-hydroxylation sites is 1. The third-order valence-electron chi connectivity index (χ3n) is 11.8. The van der Waals surface area contributed by atoms with Crippen LogP contribution >= 0.6 is 0 Å². The molecule has 0 radical (unpaired) electrons. The van der Waals surface area contributed by atoms with Gasteiger partial charge in [-0.15, -0.1) is 0 Å². The number of nitrogens with one attached hydrogen (secondary N) is 4. The average molecular weight is 754 g/mol. The number of nitrogens with zero attached hydrogens (tertiary/aromatic N) is 7. The van der Waals surface area contributed by atoms with Gasteiger partial charge in [0, 0.05) is 93.4 Å². The zero-order chi connectivity index (χ0) is 38.7. The highest BCUT2D eigenvalue weighted by Gasteiger charge is 2.44. The van der Waals surface area contributed by atoms with E-state index in [0.29, 0.717) is 41.5 Å². The molecule has 3 aromatic rings. The molecule has 0 aliphatic carbocycles. The molecule has 3 aromatic carbocycles. The fourth-order valence-corrected chi connectivity index (χ4v) is 8.58. The van der Waals surface area contributed by atoms with Crippen molar-refractivity contribution in [1.29, 1.82) is 0 Å². The molecule has 14 heteroatoms. The quantitative estimate of drug-likeness (QED) is 0.263. The number of allylic oxidation sites excluding steroid dienone is 1. The molecular weight excluding hydrogens is 707 g/mol. The van der Waals surface area contributed by atoms with Crippen LogP contribution in [0.15, 0.2) is 94.8 Å². The van der Waals surface area contributed by atoms with Crippen molar-refractivity contribution in [3.8, 4) is 0 Å². The van der Waals surface area contributed by atoms with Crippen molar-refractivity contribution in [3.63, 3.8) is 0 Å². The SMILES string of the molecule is C=C1CCC(N2C(=O)c3ccc(N4CC(CN5CCN(c6ccc(NC7=NC=C8C(Nc9c(C)cccc9C)=NN(C)C8N7)cc6)CC5)C4)cc3C2=O)C(=O)N1. The average Bonchev–Trinajstić information content (AvgIpc) is 3.62. The summed E-state index contributed by atoms with van der Waals surface area (Å²) in [5.74, 6) is 0.865. The van der Waals surface area contributed by atoms with Gasteiger partial charge < -0.3 is 31.1 Å². The van der Waals surface area contributed by atoms with Crippen molar-refractivity contribution < 1.29 is 14.4 Å². The fraction of sp³-hybridized carbons (Fsp3) is 0.357. The molecule has 6 aliphatic rings. The van der Waals surface area contributed by atoms with E-state index in [2.05, 4.69) is 104 Å². The number of aliphatic imine (C=N–C) groups is 1. The lowest BCUT2D eigenvalue weighted by molar-refractivity contribution is -0.125. The number of hydrogen-bond acceptors (Lipinski definition) is 12. The van der Waals surface area contributed by atoms with Gasteiger partial charge in [0.2, 0.25) is 11.9 Å². The van der Waals surface area contributed by atoms with Crippen LogP contribution < -0.4 is 31.1 Å². The van der Waals surface area contributed by atoms with Gasteiger partial charge in [0.1, 0.15) is 12.2 Å². The summed E-state index contributed by atoms with van der Waals surface area (Å²) in [5, 5.41) is 19.8. The van der Waals surface area contributed by atoms with E-state index in [-0.39, 0.29) is 12.1 Å². The third kappa shape index (κ3) is 6.53. The molecule has 3 saturated heterocycles. The van der Waals surface area contributed by atoms with Crippen molar-refractivity contribution >= 4 is 52.3 Å². The van der Waals surface area contributed by atoms with Crippen molar-refractivity contribution in [3.05, 3.63) is 107 Å². The predicted octanol–water partition coefficient (Wildman–Crippen LogP) is 3.90. The maximum absolute atomic E-state index is 13.3. The number of fused-ring (bicyclic) bond motifs is 2. The molecule has 0 spiro atoms. The number of anilines is 4. The van der Waals surface area contributed by atoms with Gasteiger partial charge >= 0.3 is 0 Å². The maximum atomic E-state index is 13.3. The van der Waals surface area contributed by atoms with Crippen LogP contribution in [0.4, 0.5) is 22.7 Å². The smallest absolute Gasteiger partial charge is 0.262 e. The lowest BCUT2D eigenvalue weighted by Crippen LogP contribution is -2.55. The van der Waals surface area contributed by atoms with Gasteiger partial charge in [0.05, 0.1) is 16.7 Å². The first-order valence-corrected chi connectivity index (χ1v) is 19.4. The number of aryl methyl sites for hydroxylation is 2. The van der Waals surface area contributed by atoms with Crippen LogP contribution in [-0.4, -0.2) is 109 Å². The first-order valence-electron chi connectivity index (χ1n) is 19.4. The van der Waals surface area contributed by atoms with Crippen LogP contribution in [0, 0.1) is 19.8 Å². The molecule has 56 heavy (non-hydrogen) atoms. The van der Waals surface area contributed by atoms with Crippen molar-refractivity contribution in [2.45, 2.75) is 38.9 Å². The van der Waals surface area contributed by atoms with Crippen LogP contribution in [0.5, 0.6) is 0 Å². The Hall–Kier alpha value is -6.15. The fourth-order valence-electron chi connectivity index (χ4n) is 8.58.